The predicted molar refractivity (Wildman–Crippen MR) is 113 cm³/mol. The second-order valence-corrected chi connectivity index (χ2v) is 6.46. The zero-order chi connectivity index (χ0) is 20.1. The summed E-state index contributed by atoms with van der Waals surface area (Å²) >= 11 is 0. The Labute approximate surface area is 168 Å². The van der Waals surface area contributed by atoms with Crippen molar-refractivity contribution in [3.8, 4) is 5.75 Å². The second kappa shape index (κ2) is 8.43. The lowest BCUT2D eigenvalue weighted by Crippen LogP contribution is -2.16. The quantitative estimate of drug-likeness (QED) is 0.448. The number of hydrogen-bond acceptors (Lipinski definition) is 5. The molecule has 146 valence electrons. The van der Waals surface area contributed by atoms with Gasteiger partial charge in [0.05, 0.1) is 12.8 Å². The van der Waals surface area contributed by atoms with Crippen molar-refractivity contribution in [2.75, 3.05) is 24.3 Å². The minimum Gasteiger partial charge on any atom is -0.495 e. The number of aromatic nitrogens is 3. The minimum absolute atomic E-state index is 0.278. The maximum atomic E-state index is 12.6. The average molecular weight is 387 g/mol. The van der Waals surface area contributed by atoms with Gasteiger partial charge in [-0.15, -0.1) is 0 Å². The molecule has 2 aromatic heterocycles. The van der Waals surface area contributed by atoms with Gasteiger partial charge in [-0.05, 0) is 36.2 Å². The largest absolute Gasteiger partial charge is 0.495 e. The molecule has 29 heavy (non-hydrogen) atoms. The van der Waals surface area contributed by atoms with Crippen LogP contribution in [-0.2, 0) is 6.42 Å². The van der Waals surface area contributed by atoms with Crippen molar-refractivity contribution in [3.63, 3.8) is 0 Å². The van der Waals surface area contributed by atoms with Crippen LogP contribution in [-0.4, -0.2) is 34.5 Å². The smallest absolute Gasteiger partial charge is 0.274 e. The fourth-order valence-corrected chi connectivity index (χ4v) is 3.15. The Morgan fingerprint density at radius 3 is 2.83 bits per heavy atom. The third-order valence-electron chi connectivity index (χ3n) is 4.60. The van der Waals surface area contributed by atoms with E-state index in [0.29, 0.717) is 23.9 Å². The molecular formula is C22H21N5O2. The number of anilines is 2. The van der Waals surface area contributed by atoms with E-state index in [1.165, 1.54) is 10.9 Å². The molecule has 2 aromatic carbocycles. The van der Waals surface area contributed by atoms with Crippen molar-refractivity contribution in [3.05, 3.63) is 78.2 Å². The van der Waals surface area contributed by atoms with Crippen LogP contribution in [0.2, 0.25) is 0 Å². The fraction of sp³-hybridized carbons (Fsp3) is 0.136. The monoisotopic (exact) mass is 387 g/mol. The van der Waals surface area contributed by atoms with Crippen molar-refractivity contribution < 1.29 is 9.53 Å². The maximum Gasteiger partial charge on any atom is 0.274 e. The van der Waals surface area contributed by atoms with Gasteiger partial charge in [-0.25, -0.2) is 9.97 Å². The molecule has 0 unspecified atom stereocenters. The molecule has 0 atom stereocenters. The summed E-state index contributed by atoms with van der Waals surface area (Å²) in [5, 5.41) is 7.21. The number of nitrogens with one attached hydrogen (secondary N) is 3. The molecule has 0 saturated carbocycles. The lowest BCUT2D eigenvalue weighted by molar-refractivity contribution is 0.102. The van der Waals surface area contributed by atoms with Gasteiger partial charge in [0.15, 0.2) is 0 Å². The molecule has 4 rings (SSSR count). The van der Waals surface area contributed by atoms with Gasteiger partial charge in [-0.2, -0.15) is 0 Å². The standard InChI is InChI=1S/C22H21N5O2/c1-29-20-9-5-4-8-18(20)26-21(28)19-11-13-24-22(27-19)23-12-10-15-14-25-17-7-3-2-6-16(15)17/h2-9,11,13-14,25H,10,12H2,1H3,(H,26,28)(H,23,24,27). The Bertz CT molecular complexity index is 1140. The molecule has 0 aliphatic carbocycles. The number of nitrogens with zero attached hydrogens (tertiary/aromatic N) is 2. The third kappa shape index (κ3) is 4.19. The summed E-state index contributed by atoms with van der Waals surface area (Å²) in [6.07, 6.45) is 4.40. The van der Waals surface area contributed by atoms with Crippen LogP contribution in [0.3, 0.4) is 0 Å². The van der Waals surface area contributed by atoms with Crippen LogP contribution in [0.4, 0.5) is 11.6 Å². The van der Waals surface area contributed by atoms with Gasteiger partial charge in [0, 0.05) is 29.8 Å². The summed E-state index contributed by atoms with van der Waals surface area (Å²) in [6, 6.07) is 17.0. The number of para-hydroxylation sites is 3. The SMILES string of the molecule is COc1ccccc1NC(=O)c1ccnc(NCCc2c[nH]c3ccccc23)n1. The number of rotatable bonds is 7. The molecule has 7 nitrogen and oxygen atoms in total. The molecule has 4 aromatic rings. The van der Waals surface area contributed by atoms with Gasteiger partial charge in [0.1, 0.15) is 11.4 Å². The van der Waals surface area contributed by atoms with E-state index in [2.05, 4.69) is 37.7 Å². The average Bonchev–Trinajstić information content (AvgIpc) is 3.17. The highest BCUT2D eigenvalue weighted by Crippen LogP contribution is 2.23. The van der Waals surface area contributed by atoms with Gasteiger partial charge in [-0.3, -0.25) is 4.79 Å². The first-order chi connectivity index (χ1) is 14.2. The normalized spacial score (nSPS) is 10.7. The number of carbonyl (C=O) groups is 1. The second-order valence-electron chi connectivity index (χ2n) is 6.46. The van der Waals surface area contributed by atoms with Crippen molar-refractivity contribution in [1.29, 1.82) is 0 Å². The van der Waals surface area contributed by atoms with E-state index in [1.54, 1.807) is 31.5 Å². The summed E-state index contributed by atoms with van der Waals surface area (Å²) < 4.78 is 5.26. The molecule has 0 saturated heterocycles. The topological polar surface area (TPSA) is 91.9 Å². The lowest BCUT2D eigenvalue weighted by Gasteiger charge is -2.10. The Hall–Kier alpha value is -3.87. The third-order valence-corrected chi connectivity index (χ3v) is 4.60. The molecule has 7 heteroatoms. The van der Waals surface area contributed by atoms with Crippen LogP contribution in [0.25, 0.3) is 10.9 Å². The molecule has 0 aliphatic rings. The van der Waals surface area contributed by atoms with Gasteiger partial charge in [0.25, 0.3) is 5.91 Å². The molecule has 0 bridgehead atoms. The van der Waals surface area contributed by atoms with Gasteiger partial charge >= 0.3 is 0 Å². The van der Waals surface area contributed by atoms with Crippen LogP contribution in [0, 0.1) is 0 Å². The van der Waals surface area contributed by atoms with Gasteiger partial charge < -0.3 is 20.4 Å². The zero-order valence-corrected chi connectivity index (χ0v) is 16.0. The summed E-state index contributed by atoms with van der Waals surface area (Å²) in [6.45, 7) is 0.652. The fourth-order valence-electron chi connectivity index (χ4n) is 3.15. The van der Waals surface area contributed by atoms with Crippen LogP contribution < -0.4 is 15.4 Å². The molecular weight excluding hydrogens is 366 g/mol. The Balaban J connectivity index is 1.40. The summed E-state index contributed by atoms with van der Waals surface area (Å²) in [7, 11) is 1.56. The van der Waals surface area contributed by atoms with E-state index >= 15 is 0 Å². The predicted octanol–water partition coefficient (Wildman–Crippen LogP) is 3.87. The van der Waals surface area contributed by atoms with Crippen molar-refractivity contribution >= 4 is 28.4 Å². The molecule has 0 aliphatic heterocycles. The molecule has 1 amide bonds. The maximum absolute atomic E-state index is 12.6. The molecule has 0 spiro atoms. The number of ether oxygens (including phenoxy) is 1. The number of amides is 1. The van der Waals surface area contributed by atoms with Crippen LogP contribution in [0.1, 0.15) is 16.1 Å². The first kappa shape index (κ1) is 18.5. The number of H-pyrrole nitrogens is 1. The van der Waals surface area contributed by atoms with Crippen molar-refractivity contribution in [1.82, 2.24) is 15.0 Å². The first-order valence-electron chi connectivity index (χ1n) is 9.31. The Morgan fingerprint density at radius 2 is 1.93 bits per heavy atom. The van der Waals surface area contributed by atoms with Crippen LogP contribution in [0.5, 0.6) is 5.75 Å². The summed E-state index contributed by atoms with van der Waals surface area (Å²) in [5.74, 6) is 0.682. The number of hydrogen-bond donors (Lipinski definition) is 3. The number of benzene rings is 2. The van der Waals surface area contributed by atoms with Crippen LogP contribution in [0.15, 0.2) is 67.0 Å². The molecule has 3 N–H and O–H groups in total. The molecule has 0 radical (unpaired) electrons. The van der Waals surface area contributed by atoms with Crippen molar-refractivity contribution in [2.45, 2.75) is 6.42 Å². The Morgan fingerprint density at radius 1 is 1.10 bits per heavy atom. The minimum atomic E-state index is -0.323. The highest BCUT2D eigenvalue weighted by Gasteiger charge is 2.12. The number of aromatic amines is 1. The van der Waals surface area contributed by atoms with E-state index in [0.717, 1.165) is 11.9 Å². The Kier molecular flexibility index (Phi) is 5.38. The van der Waals surface area contributed by atoms with E-state index in [4.69, 9.17) is 4.74 Å². The van der Waals surface area contributed by atoms with Crippen LogP contribution >= 0.6 is 0 Å². The highest BCUT2D eigenvalue weighted by molar-refractivity contribution is 6.03. The number of carbonyl (C=O) groups excluding carboxylic acids is 1. The molecule has 0 fully saturated rings. The summed E-state index contributed by atoms with van der Waals surface area (Å²) in [5.41, 5.74) is 3.21. The van der Waals surface area contributed by atoms with E-state index in [1.807, 2.05) is 30.5 Å². The van der Waals surface area contributed by atoms with E-state index < -0.39 is 0 Å². The summed E-state index contributed by atoms with van der Waals surface area (Å²) in [4.78, 5) is 24.4. The number of methoxy groups -OCH3 is 1. The van der Waals surface area contributed by atoms with E-state index in [-0.39, 0.29) is 11.6 Å². The van der Waals surface area contributed by atoms with E-state index in [9.17, 15) is 4.79 Å². The lowest BCUT2D eigenvalue weighted by atomic mass is 10.1. The number of fused-ring (bicyclic) bond motifs is 1. The van der Waals surface area contributed by atoms with Gasteiger partial charge in [-0.1, -0.05) is 30.3 Å². The first-order valence-corrected chi connectivity index (χ1v) is 9.31. The molecule has 2 heterocycles. The van der Waals surface area contributed by atoms with Crippen molar-refractivity contribution in [2.24, 2.45) is 0 Å². The highest BCUT2D eigenvalue weighted by atomic mass is 16.5. The van der Waals surface area contributed by atoms with Gasteiger partial charge in [0.2, 0.25) is 5.95 Å². The zero-order valence-electron chi connectivity index (χ0n) is 16.0.